The van der Waals surface area contributed by atoms with E-state index >= 15 is 0 Å². The molecule has 0 bridgehead atoms. The Morgan fingerprint density at radius 1 is 1.22 bits per heavy atom. The summed E-state index contributed by atoms with van der Waals surface area (Å²) < 4.78 is 0. The number of aromatic nitrogens is 1. The van der Waals surface area contributed by atoms with Crippen LogP contribution in [0.5, 0.6) is 0 Å². The minimum Gasteiger partial charge on any atom is -0.390 e. The lowest BCUT2D eigenvalue weighted by atomic mass is 10.0. The second kappa shape index (κ2) is 4.96. The maximum absolute atomic E-state index is 12.2. The Kier molecular flexibility index (Phi) is 3.55. The van der Waals surface area contributed by atoms with Crippen LogP contribution in [0.15, 0.2) is 29.1 Å². The molecule has 0 unspecified atom stereocenters. The van der Waals surface area contributed by atoms with E-state index in [4.69, 9.17) is 16.7 Å². The Hall–Kier alpha value is -1.58. The average molecular weight is 264 g/mol. The second-order valence-corrected chi connectivity index (χ2v) is 4.65. The lowest BCUT2D eigenvalue weighted by Crippen LogP contribution is -2.13. The lowest BCUT2D eigenvalue weighted by molar-refractivity contribution is 0.276. The molecule has 2 aromatic rings. The number of H-pyrrole nitrogens is 1. The Morgan fingerprint density at radius 3 is 2.39 bits per heavy atom. The fraction of sp³-hybridized carbons (Fsp3) is 0.214. The number of nitrogens with one attached hydrogen (secondary N) is 1. The highest BCUT2D eigenvalue weighted by atomic mass is 35.5. The Bertz CT molecular complexity index is 629. The number of benzene rings is 1. The highest BCUT2D eigenvalue weighted by Gasteiger charge is 2.14. The fourth-order valence-corrected chi connectivity index (χ4v) is 2.14. The molecule has 0 atom stereocenters. The van der Waals surface area contributed by atoms with Crippen LogP contribution in [0, 0.1) is 13.8 Å². The predicted octanol–water partition coefficient (Wildman–Crippen LogP) is 2.80. The standard InChI is InChI=1S/C14H14ClNO2/c1-8-3-5-10(6-4-8)12-9(2)16-11(7-17)13(15)14(12)18/h3-6,17H,7H2,1-2H3,(H,16,18). The first-order valence-electron chi connectivity index (χ1n) is 5.63. The zero-order valence-electron chi connectivity index (χ0n) is 10.2. The van der Waals surface area contributed by atoms with Gasteiger partial charge in [0.05, 0.1) is 12.3 Å². The summed E-state index contributed by atoms with van der Waals surface area (Å²) in [5.74, 6) is 0. The summed E-state index contributed by atoms with van der Waals surface area (Å²) in [6.45, 7) is 3.51. The van der Waals surface area contributed by atoms with Gasteiger partial charge in [0.1, 0.15) is 5.02 Å². The number of halogens is 1. The maximum atomic E-state index is 12.2. The SMILES string of the molecule is Cc1ccc(-c2c(C)[nH]c(CO)c(Cl)c2=O)cc1. The summed E-state index contributed by atoms with van der Waals surface area (Å²) in [4.78, 5) is 15.2. The van der Waals surface area contributed by atoms with Crippen molar-refractivity contribution in [3.05, 3.63) is 56.5 Å². The van der Waals surface area contributed by atoms with Crippen molar-refractivity contribution >= 4 is 11.6 Å². The molecule has 0 spiro atoms. The third-order valence-corrected chi connectivity index (χ3v) is 3.30. The van der Waals surface area contributed by atoms with E-state index in [0.717, 1.165) is 11.1 Å². The summed E-state index contributed by atoms with van der Waals surface area (Å²) >= 11 is 5.95. The largest absolute Gasteiger partial charge is 0.390 e. The van der Waals surface area contributed by atoms with Gasteiger partial charge in [-0.3, -0.25) is 4.79 Å². The highest BCUT2D eigenvalue weighted by molar-refractivity contribution is 6.31. The van der Waals surface area contributed by atoms with E-state index in [1.165, 1.54) is 0 Å². The minimum absolute atomic E-state index is 0.0543. The van der Waals surface area contributed by atoms with Crippen LogP contribution in [0.2, 0.25) is 5.02 Å². The number of hydrogen-bond donors (Lipinski definition) is 2. The van der Waals surface area contributed by atoms with Gasteiger partial charge >= 0.3 is 0 Å². The van der Waals surface area contributed by atoms with Crippen LogP contribution in [-0.4, -0.2) is 10.1 Å². The molecule has 0 fully saturated rings. The van der Waals surface area contributed by atoms with Crippen molar-refractivity contribution in [2.24, 2.45) is 0 Å². The molecule has 1 aromatic carbocycles. The molecule has 0 radical (unpaired) electrons. The quantitative estimate of drug-likeness (QED) is 0.875. The molecule has 0 aliphatic rings. The number of aromatic amines is 1. The van der Waals surface area contributed by atoms with Gasteiger partial charge in [-0.05, 0) is 19.4 Å². The van der Waals surface area contributed by atoms with E-state index in [-0.39, 0.29) is 17.1 Å². The molecule has 2 rings (SSSR count). The van der Waals surface area contributed by atoms with Gasteiger partial charge in [0, 0.05) is 11.3 Å². The molecule has 0 aliphatic heterocycles. The lowest BCUT2D eigenvalue weighted by Gasteiger charge is -2.09. The molecule has 94 valence electrons. The van der Waals surface area contributed by atoms with Crippen LogP contribution < -0.4 is 5.43 Å². The Labute approximate surface area is 110 Å². The molecule has 2 N–H and O–H groups in total. The Balaban J connectivity index is 2.69. The zero-order valence-corrected chi connectivity index (χ0v) is 11.0. The molecule has 0 saturated carbocycles. The minimum atomic E-state index is -0.275. The van der Waals surface area contributed by atoms with E-state index in [0.29, 0.717) is 17.0 Å². The van der Waals surface area contributed by atoms with Gasteiger partial charge in [0.2, 0.25) is 5.43 Å². The van der Waals surface area contributed by atoms with Crippen molar-refractivity contribution in [2.45, 2.75) is 20.5 Å². The number of aryl methyl sites for hydroxylation is 2. The first kappa shape index (κ1) is 12.9. The van der Waals surface area contributed by atoms with Crippen molar-refractivity contribution in [3.8, 4) is 11.1 Å². The molecule has 4 heteroatoms. The van der Waals surface area contributed by atoms with Crippen LogP contribution in [0.1, 0.15) is 17.0 Å². The van der Waals surface area contributed by atoms with Gasteiger partial charge in [-0.25, -0.2) is 0 Å². The third kappa shape index (κ3) is 2.19. The van der Waals surface area contributed by atoms with Gasteiger partial charge in [-0.1, -0.05) is 41.4 Å². The van der Waals surface area contributed by atoms with Gasteiger partial charge < -0.3 is 10.1 Å². The van der Waals surface area contributed by atoms with E-state index in [2.05, 4.69) is 4.98 Å². The second-order valence-electron chi connectivity index (χ2n) is 4.27. The molecular formula is C14H14ClNO2. The summed E-state index contributed by atoms with van der Waals surface area (Å²) in [5, 5.41) is 9.16. The highest BCUT2D eigenvalue weighted by Crippen LogP contribution is 2.22. The number of aliphatic hydroxyl groups excluding tert-OH is 1. The van der Waals surface area contributed by atoms with Crippen molar-refractivity contribution in [2.75, 3.05) is 0 Å². The Morgan fingerprint density at radius 2 is 1.83 bits per heavy atom. The molecule has 3 nitrogen and oxygen atoms in total. The van der Waals surface area contributed by atoms with E-state index in [1.54, 1.807) is 6.92 Å². The van der Waals surface area contributed by atoms with E-state index < -0.39 is 0 Å². The predicted molar refractivity (Wildman–Crippen MR) is 72.9 cm³/mol. The van der Waals surface area contributed by atoms with Crippen LogP contribution in [0.3, 0.4) is 0 Å². The zero-order chi connectivity index (χ0) is 13.3. The molecular weight excluding hydrogens is 250 g/mol. The molecule has 0 amide bonds. The number of hydrogen-bond acceptors (Lipinski definition) is 2. The number of rotatable bonds is 2. The van der Waals surface area contributed by atoms with Gasteiger partial charge in [0.25, 0.3) is 0 Å². The van der Waals surface area contributed by atoms with Crippen LogP contribution in [-0.2, 0) is 6.61 Å². The van der Waals surface area contributed by atoms with E-state index in [9.17, 15) is 4.79 Å². The van der Waals surface area contributed by atoms with Crippen molar-refractivity contribution in [1.29, 1.82) is 0 Å². The number of pyridine rings is 1. The fourth-order valence-electron chi connectivity index (χ4n) is 1.94. The summed E-state index contributed by atoms with van der Waals surface area (Å²) in [6.07, 6.45) is 0. The number of aliphatic hydroxyl groups is 1. The van der Waals surface area contributed by atoms with Crippen LogP contribution in [0.4, 0.5) is 0 Å². The monoisotopic (exact) mass is 263 g/mol. The molecule has 1 heterocycles. The van der Waals surface area contributed by atoms with Gasteiger partial charge in [0.15, 0.2) is 0 Å². The first-order chi connectivity index (χ1) is 8.54. The smallest absolute Gasteiger partial charge is 0.208 e. The van der Waals surface area contributed by atoms with Gasteiger partial charge in [-0.2, -0.15) is 0 Å². The molecule has 18 heavy (non-hydrogen) atoms. The summed E-state index contributed by atoms with van der Waals surface area (Å²) in [7, 11) is 0. The molecule has 0 saturated heterocycles. The van der Waals surface area contributed by atoms with Crippen LogP contribution in [0.25, 0.3) is 11.1 Å². The van der Waals surface area contributed by atoms with Crippen molar-refractivity contribution < 1.29 is 5.11 Å². The summed E-state index contributed by atoms with van der Waals surface area (Å²) in [5.41, 5.74) is 3.32. The van der Waals surface area contributed by atoms with Crippen molar-refractivity contribution in [1.82, 2.24) is 4.98 Å². The third-order valence-electron chi connectivity index (χ3n) is 2.90. The van der Waals surface area contributed by atoms with Crippen molar-refractivity contribution in [3.63, 3.8) is 0 Å². The van der Waals surface area contributed by atoms with Gasteiger partial charge in [-0.15, -0.1) is 0 Å². The first-order valence-corrected chi connectivity index (χ1v) is 6.01. The normalized spacial score (nSPS) is 10.7. The average Bonchev–Trinajstić information content (AvgIpc) is 2.36. The van der Waals surface area contributed by atoms with Crippen LogP contribution >= 0.6 is 11.6 Å². The summed E-state index contributed by atoms with van der Waals surface area (Å²) in [6, 6.07) is 7.67. The molecule has 1 aromatic heterocycles. The topological polar surface area (TPSA) is 53.1 Å². The van der Waals surface area contributed by atoms with E-state index in [1.807, 2.05) is 31.2 Å². The molecule has 0 aliphatic carbocycles. The maximum Gasteiger partial charge on any atom is 0.208 e.